The van der Waals surface area contributed by atoms with Crippen molar-refractivity contribution in [3.8, 4) is 23.0 Å². The number of hydrogen-bond acceptors (Lipinski definition) is 7. The summed E-state index contributed by atoms with van der Waals surface area (Å²) in [6.07, 6.45) is 0.854. The Balaban J connectivity index is 1.88. The Morgan fingerprint density at radius 1 is 0.872 bits per heavy atom. The summed E-state index contributed by atoms with van der Waals surface area (Å²) in [5.74, 6) is -0.462. The van der Waals surface area contributed by atoms with E-state index in [1.54, 1.807) is 61.5 Å². The molecule has 0 radical (unpaired) electrons. The molecule has 1 aliphatic heterocycles. The summed E-state index contributed by atoms with van der Waals surface area (Å²) >= 11 is 0. The minimum atomic E-state index is -0.973. The fourth-order valence-electron chi connectivity index (χ4n) is 4.58. The number of aromatic hydroxyl groups is 1. The number of nitrogens with zero attached hydrogens (tertiary/aromatic N) is 1. The van der Waals surface area contributed by atoms with Crippen LogP contribution in [-0.4, -0.2) is 41.7 Å². The number of aryl methyl sites for hydroxylation is 1. The maximum absolute atomic E-state index is 13.5. The van der Waals surface area contributed by atoms with Gasteiger partial charge in [-0.3, -0.25) is 14.5 Å². The van der Waals surface area contributed by atoms with E-state index < -0.39 is 17.7 Å². The molecule has 0 spiro atoms. The molecule has 3 aromatic carbocycles. The Kier molecular flexibility index (Phi) is 8.44. The van der Waals surface area contributed by atoms with Crippen molar-refractivity contribution >= 4 is 23.1 Å². The number of hydrogen-bond donors (Lipinski definition) is 2. The highest BCUT2D eigenvalue weighted by atomic mass is 16.5. The molecule has 1 aliphatic rings. The summed E-state index contributed by atoms with van der Waals surface area (Å²) in [5.41, 5.74) is 2.05. The molecule has 1 amide bonds. The predicted octanol–water partition coefficient (Wildman–Crippen LogP) is 5.91. The maximum Gasteiger partial charge on any atom is 0.300 e. The van der Waals surface area contributed by atoms with E-state index in [0.29, 0.717) is 48.1 Å². The molecule has 2 N–H and O–H groups in total. The monoisotopic (exact) mass is 531 g/mol. The van der Waals surface area contributed by atoms with Crippen LogP contribution in [0.1, 0.15) is 49.9 Å². The molecule has 1 saturated heterocycles. The van der Waals surface area contributed by atoms with Crippen LogP contribution in [0.15, 0.2) is 66.2 Å². The van der Waals surface area contributed by atoms with Gasteiger partial charge in [0.25, 0.3) is 11.7 Å². The first-order valence-corrected chi connectivity index (χ1v) is 13.0. The molecule has 0 bridgehead atoms. The predicted molar refractivity (Wildman–Crippen MR) is 149 cm³/mol. The van der Waals surface area contributed by atoms with Gasteiger partial charge in [-0.05, 0) is 92.9 Å². The third-order valence-corrected chi connectivity index (χ3v) is 6.38. The molecule has 8 heteroatoms. The second-order valence-electron chi connectivity index (χ2n) is 9.08. The zero-order valence-corrected chi connectivity index (χ0v) is 22.6. The van der Waals surface area contributed by atoms with E-state index in [2.05, 4.69) is 0 Å². The first-order valence-electron chi connectivity index (χ1n) is 13.0. The lowest BCUT2D eigenvalue weighted by molar-refractivity contribution is -0.132. The van der Waals surface area contributed by atoms with Crippen LogP contribution in [0.2, 0.25) is 0 Å². The molecule has 3 aromatic rings. The molecule has 8 nitrogen and oxygen atoms in total. The zero-order chi connectivity index (χ0) is 28.1. The fourth-order valence-corrected chi connectivity index (χ4v) is 4.58. The maximum atomic E-state index is 13.5. The van der Waals surface area contributed by atoms with Gasteiger partial charge in [0, 0.05) is 11.3 Å². The highest BCUT2D eigenvalue weighted by Gasteiger charge is 2.47. The van der Waals surface area contributed by atoms with Crippen LogP contribution in [0.4, 0.5) is 5.69 Å². The molecule has 0 aliphatic carbocycles. The van der Waals surface area contributed by atoms with Crippen LogP contribution >= 0.6 is 0 Å². The van der Waals surface area contributed by atoms with Crippen molar-refractivity contribution in [1.82, 2.24) is 0 Å². The van der Waals surface area contributed by atoms with Crippen LogP contribution < -0.4 is 19.1 Å². The van der Waals surface area contributed by atoms with Crippen molar-refractivity contribution < 1.29 is 34.0 Å². The fraction of sp³-hybridized carbons (Fsp3) is 0.290. The number of Topliss-reactive ketones (excluding diaryl/α,β-unsaturated/α-hetero) is 1. The minimum Gasteiger partial charge on any atom is -0.507 e. The zero-order valence-electron chi connectivity index (χ0n) is 22.6. The van der Waals surface area contributed by atoms with Gasteiger partial charge in [-0.15, -0.1) is 0 Å². The Bertz CT molecular complexity index is 1390. The van der Waals surface area contributed by atoms with Crippen molar-refractivity contribution in [3.05, 3.63) is 82.9 Å². The molecule has 4 rings (SSSR count). The van der Waals surface area contributed by atoms with E-state index in [9.17, 15) is 19.8 Å². The lowest BCUT2D eigenvalue weighted by Gasteiger charge is -2.26. The van der Waals surface area contributed by atoms with E-state index in [0.717, 1.165) is 12.0 Å². The quantitative estimate of drug-likeness (QED) is 0.190. The minimum absolute atomic E-state index is 0.0661. The Morgan fingerprint density at radius 3 is 2.23 bits per heavy atom. The van der Waals surface area contributed by atoms with Gasteiger partial charge in [-0.25, -0.2) is 0 Å². The molecule has 1 unspecified atom stereocenters. The summed E-state index contributed by atoms with van der Waals surface area (Å²) in [6, 6.07) is 15.6. The number of benzene rings is 3. The first kappa shape index (κ1) is 27.6. The smallest absolute Gasteiger partial charge is 0.300 e. The molecule has 0 aromatic heterocycles. The number of amides is 1. The normalized spacial score (nSPS) is 16.4. The largest absolute Gasteiger partial charge is 0.507 e. The number of aliphatic hydroxyl groups excluding tert-OH is 1. The van der Waals surface area contributed by atoms with Gasteiger partial charge < -0.3 is 24.4 Å². The van der Waals surface area contributed by atoms with Crippen molar-refractivity contribution in [2.24, 2.45) is 0 Å². The number of phenolic OH excluding ortho intramolecular Hbond substituents is 1. The number of carbonyl (C=O) groups is 2. The van der Waals surface area contributed by atoms with Crippen molar-refractivity contribution in [2.75, 3.05) is 24.7 Å². The molecular weight excluding hydrogens is 498 g/mol. The standard InChI is InChI=1S/C31H33NO7/c1-5-16-39-25-15-9-21(17-19(25)4)29(34)27-28(20-8-14-24(33)26(18-20)38-7-3)32(31(36)30(27)35)22-10-12-23(13-11-22)37-6-2/h8-15,17-18,28,33-34H,5-7,16H2,1-4H3/b29-27-. The molecule has 204 valence electrons. The topological polar surface area (TPSA) is 106 Å². The van der Waals surface area contributed by atoms with Gasteiger partial charge in [-0.2, -0.15) is 0 Å². The van der Waals surface area contributed by atoms with Crippen LogP contribution in [0.25, 0.3) is 5.76 Å². The second kappa shape index (κ2) is 11.9. The highest BCUT2D eigenvalue weighted by molar-refractivity contribution is 6.51. The van der Waals surface area contributed by atoms with Gasteiger partial charge in [0.2, 0.25) is 0 Å². The number of anilines is 1. The third-order valence-electron chi connectivity index (χ3n) is 6.38. The summed E-state index contributed by atoms with van der Waals surface area (Å²) in [4.78, 5) is 28.3. The second-order valence-corrected chi connectivity index (χ2v) is 9.08. The summed E-state index contributed by atoms with van der Waals surface area (Å²) in [6.45, 7) is 8.88. The summed E-state index contributed by atoms with van der Waals surface area (Å²) < 4.78 is 16.8. The van der Waals surface area contributed by atoms with E-state index in [1.165, 1.54) is 11.0 Å². The van der Waals surface area contributed by atoms with Crippen molar-refractivity contribution in [2.45, 2.75) is 40.2 Å². The van der Waals surface area contributed by atoms with Gasteiger partial charge in [0.05, 0.1) is 31.4 Å². The summed E-state index contributed by atoms with van der Waals surface area (Å²) in [7, 11) is 0. The Labute approximate surface area is 228 Å². The molecule has 1 atom stereocenters. The molecule has 1 fully saturated rings. The van der Waals surface area contributed by atoms with E-state index in [-0.39, 0.29) is 22.8 Å². The number of rotatable bonds is 10. The van der Waals surface area contributed by atoms with Gasteiger partial charge in [0.1, 0.15) is 17.3 Å². The third kappa shape index (κ3) is 5.55. The molecule has 0 saturated carbocycles. The van der Waals surface area contributed by atoms with Gasteiger partial charge >= 0.3 is 0 Å². The number of phenols is 1. The van der Waals surface area contributed by atoms with Crippen molar-refractivity contribution in [3.63, 3.8) is 0 Å². The highest BCUT2D eigenvalue weighted by Crippen LogP contribution is 2.44. The molecule has 39 heavy (non-hydrogen) atoms. The van der Waals surface area contributed by atoms with Gasteiger partial charge in [-0.1, -0.05) is 13.0 Å². The van der Waals surface area contributed by atoms with Crippen molar-refractivity contribution in [1.29, 1.82) is 0 Å². The molecule has 1 heterocycles. The summed E-state index contributed by atoms with van der Waals surface area (Å²) in [5, 5.41) is 21.8. The number of ether oxygens (including phenoxy) is 3. The van der Waals surface area contributed by atoms with Crippen LogP contribution in [0, 0.1) is 6.92 Å². The lowest BCUT2D eigenvalue weighted by atomic mass is 9.94. The van der Waals surface area contributed by atoms with E-state index in [1.807, 2.05) is 20.8 Å². The Morgan fingerprint density at radius 2 is 1.59 bits per heavy atom. The average Bonchev–Trinajstić information content (AvgIpc) is 3.19. The average molecular weight is 532 g/mol. The number of carbonyl (C=O) groups excluding carboxylic acids is 2. The van der Waals surface area contributed by atoms with Gasteiger partial charge in [0.15, 0.2) is 11.5 Å². The first-order chi connectivity index (χ1) is 18.8. The lowest BCUT2D eigenvalue weighted by Crippen LogP contribution is -2.29. The van der Waals surface area contributed by atoms with Crippen LogP contribution in [-0.2, 0) is 9.59 Å². The Hall–Kier alpha value is -4.46. The van der Waals surface area contributed by atoms with E-state index >= 15 is 0 Å². The number of aliphatic hydroxyl groups is 1. The number of ketones is 1. The van der Waals surface area contributed by atoms with Crippen LogP contribution in [0.5, 0.6) is 23.0 Å². The molecular formula is C31H33NO7. The van der Waals surface area contributed by atoms with E-state index in [4.69, 9.17) is 14.2 Å². The SMILES string of the molecule is CCCOc1ccc(/C(O)=C2/C(=O)C(=O)N(c3ccc(OCC)cc3)C2c2ccc(O)c(OCC)c2)cc1C. The van der Waals surface area contributed by atoms with Crippen LogP contribution in [0.3, 0.4) is 0 Å².